The Bertz CT molecular complexity index is 408. The molecule has 0 radical (unpaired) electrons. The fraction of sp³-hybridized carbons (Fsp3) is 0.571. The first-order valence-electron chi connectivity index (χ1n) is 6.63. The zero-order valence-corrected chi connectivity index (χ0v) is 13.2. The van der Waals surface area contributed by atoms with Crippen LogP contribution in [0.5, 0.6) is 5.75 Å². The van der Waals surface area contributed by atoms with Gasteiger partial charge in [-0.05, 0) is 25.2 Å². The van der Waals surface area contributed by atoms with Gasteiger partial charge in [0, 0.05) is 42.8 Å². The van der Waals surface area contributed by atoms with E-state index in [1.807, 2.05) is 12.1 Å². The molecule has 1 N–H and O–H groups in total. The van der Waals surface area contributed by atoms with Gasteiger partial charge in [-0.2, -0.15) is 0 Å². The number of nitrogens with zero attached hydrogens (tertiary/aromatic N) is 2. The van der Waals surface area contributed by atoms with Crippen LogP contribution in [-0.4, -0.2) is 56.8 Å². The van der Waals surface area contributed by atoms with Crippen LogP contribution in [0.4, 0.5) is 0 Å². The number of ether oxygens (including phenoxy) is 1. The van der Waals surface area contributed by atoms with Gasteiger partial charge in [-0.1, -0.05) is 15.9 Å². The van der Waals surface area contributed by atoms with Crippen molar-refractivity contribution in [3.05, 3.63) is 28.2 Å². The van der Waals surface area contributed by atoms with Crippen LogP contribution in [0.3, 0.4) is 0 Å². The lowest BCUT2D eigenvalue weighted by molar-refractivity contribution is 0.134. The second kappa shape index (κ2) is 7.24. The molecule has 1 heterocycles. The van der Waals surface area contributed by atoms with E-state index < -0.39 is 0 Å². The second-order valence-electron chi connectivity index (χ2n) is 4.98. The Labute approximate surface area is 123 Å². The van der Waals surface area contributed by atoms with Crippen molar-refractivity contribution in [3.8, 4) is 5.75 Å². The maximum absolute atomic E-state index is 5.42. The average molecular weight is 328 g/mol. The zero-order valence-electron chi connectivity index (χ0n) is 11.7. The van der Waals surface area contributed by atoms with Gasteiger partial charge in [0.2, 0.25) is 0 Å². The Balaban J connectivity index is 1.93. The molecule has 0 aliphatic carbocycles. The summed E-state index contributed by atoms with van der Waals surface area (Å²) in [6.07, 6.45) is 0. The van der Waals surface area contributed by atoms with Crippen molar-refractivity contribution in [2.24, 2.45) is 0 Å². The summed E-state index contributed by atoms with van der Waals surface area (Å²) in [4.78, 5) is 4.80. The van der Waals surface area contributed by atoms with Crippen LogP contribution in [0.15, 0.2) is 22.7 Å². The maximum Gasteiger partial charge on any atom is 0.123 e. The number of rotatable bonds is 5. The van der Waals surface area contributed by atoms with Gasteiger partial charge in [0.25, 0.3) is 0 Å². The smallest absolute Gasteiger partial charge is 0.123 e. The number of nitrogens with one attached hydrogen (secondary N) is 1. The Morgan fingerprint density at radius 2 is 2.11 bits per heavy atom. The number of hydrogen-bond donors (Lipinski definition) is 1. The minimum absolute atomic E-state index is 0.895. The van der Waals surface area contributed by atoms with Gasteiger partial charge < -0.3 is 10.1 Å². The molecule has 1 fully saturated rings. The van der Waals surface area contributed by atoms with Crippen molar-refractivity contribution >= 4 is 15.9 Å². The summed E-state index contributed by atoms with van der Waals surface area (Å²) < 4.78 is 6.52. The molecule has 1 aliphatic heterocycles. The highest BCUT2D eigenvalue weighted by molar-refractivity contribution is 9.10. The maximum atomic E-state index is 5.42. The summed E-state index contributed by atoms with van der Waals surface area (Å²) in [5.74, 6) is 0.954. The Morgan fingerprint density at radius 3 is 2.79 bits per heavy atom. The van der Waals surface area contributed by atoms with Gasteiger partial charge in [0.15, 0.2) is 0 Å². The molecule has 0 saturated carbocycles. The van der Waals surface area contributed by atoms with Crippen molar-refractivity contribution in [1.29, 1.82) is 0 Å². The molecular weight excluding hydrogens is 306 g/mol. The third kappa shape index (κ3) is 4.45. The molecular formula is C14H22BrN3O. The molecule has 1 saturated heterocycles. The molecule has 0 bridgehead atoms. The fourth-order valence-corrected chi connectivity index (χ4v) is 2.81. The highest BCUT2D eigenvalue weighted by atomic mass is 79.9. The fourth-order valence-electron chi connectivity index (χ4n) is 2.41. The third-order valence-electron chi connectivity index (χ3n) is 3.33. The van der Waals surface area contributed by atoms with Crippen LogP contribution < -0.4 is 10.1 Å². The van der Waals surface area contributed by atoms with E-state index in [0.29, 0.717) is 0 Å². The number of hydrogen-bond acceptors (Lipinski definition) is 4. The second-order valence-corrected chi connectivity index (χ2v) is 5.90. The summed E-state index contributed by atoms with van der Waals surface area (Å²) in [7, 11) is 3.88. The molecule has 0 unspecified atom stereocenters. The molecule has 1 aromatic rings. The Morgan fingerprint density at radius 1 is 1.37 bits per heavy atom. The van der Waals surface area contributed by atoms with E-state index in [9.17, 15) is 0 Å². The Hall–Kier alpha value is -0.620. The highest BCUT2D eigenvalue weighted by Gasteiger charge is 2.13. The molecule has 0 amide bonds. The predicted octanol–water partition coefficient (Wildman–Crippen LogP) is 1.75. The SMILES string of the molecule is COc1ccc(Br)cc1CN(C)CN1CCNCC1. The molecule has 0 aromatic heterocycles. The summed E-state index contributed by atoms with van der Waals surface area (Å²) >= 11 is 3.52. The average Bonchev–Trinajstić information content (AvgIpc) is 2.40. The number of halogens is 1. The van der Waals surface area contributed by atoms with E-state index in [1.54, 1.807) is 7.11 Å². The number of benzene rings is 1. The quantitative estimate of drug-likeness (QED) is 0.891. The number of piperazine rings is 1. The first-order chi connectivity index (χ1) is 9.19. The predicted molar refractivity (Wildman–Crippen MR) is 81.5 cm³/mol. The van der Waals surface area contributed by atoms with Gasteiger partial charge in [0.05, 0.1) is 13.8 Å². The van der Waals surface area contributed by atoms with E-state index >= 15 is 0 Å². The largest absolute Gasteiger partial charge is 0.496 e. The van der Waals surface area contributed by atoms with Crippen LogP contribution in [0.1, 0.15) is 5.56 Å². The summed E-state index contributed by atoms with van der Waals surface area (Å²) in [5, 5.41) is 3.38. The highest BCUT2D eigenvalue weighted by Crippen LogP contribution is 2.24. The molecule has 0 atom stereocenters. The standard InChI is InChI=1S/C14H22BrN3O/c1-17(11-18-7-5-16-6-8-18)10-12-9-13(15)3-4-14(12)19-2/h3-4,9,16H,5-8,10-11H2,1-2H3. The molecule has 5 heteroatoms. The van der Waals surface area contributed by atoms with Gasteiger partial charge in [-0.15, -0.1) is 0 Å². The van der Waals surface area contributed by atoms with Crippen molar-refractivity contribution in [2.75, 3.05) is 47.0 Å². The zero-order chi connectivity index (χ0) is 13.7. The lowest BCUT2D eigenvalue weighted by atomic mass is 10.2. The van der Waals surface area contributed by atoms with Gasteiger partial charge >= 0.3 is 0 Å². The lowest BCUT2D eigenvalue weighted by Crippen LogP contribution is -2.47. The van der Waals surface area contributed by atoms with E-state index in [0.717, 1.165) is 49.6 Å². The molecule has 106 valence electrons. The normalized spacial score (nSPS) is 16.8. The molecule has 4 nitrogen and oxygen atoms in total. The molecule has 2 rings (SSSR count). The van der Waals surface area contributed by atoms with E-state index in [-0.39, 0.29) is 0 Å². The van der Waals surface area contributed by atoms with Crippen molar-refractivity contribution in [2.45, 2.75) is 6.54 Å². The molecule has 1 aliphatic rings. The minimum Gasteiger partial charge on any atom is -0.496 e. The molecule has 1 aromatic carbocycles. The first kappa shape index (κ1) is 14.8. The topological polar surface area (TPSA) is 27.7 Å². The van der Waals surface area contributed by atoms with Crippen molar-refractivity contribution < 1.29 is 4.74 Å². The summed E-state index contributed by atoms with van der Waals surface area (Å²) in [5.41, 5.74) is 1.22. The van der Waals surface area contributed by atoms with E-state index in [2.05, 4.69) is 44.2 Å². The van der Waals surface area contributed by atoms with Crippen molar-refractivity contribution in [3.63, 3.8) is 0 Å². The molecule has 19 heavy (non-hydrogen) atoms. The van der Waals surface area contributed by atoms with E-state index in [1.165, 1.54) is 5.56 Å². The minimum atomic E-state index is 0.895. The third-order valence-corrected chi connectivity index (χ3v) is 3.83. The van der Waals surface area contributed by atoms with Gasteiger partial charge in [0.1, 0.15) is 5.75 Å². The summed E-state index contributed by atoms with van der Waals surface area (Å²) in [6.45, 7) is 6.33. The Kier molecular flexibility index (Phi) is 5.63. The summed E-state index contributed by atoms with van der Waals surface area (Å²) in [6, 6.07) is 6.16. The van der Waals surface area contributed by atoms with Crippen LogP contribution in [0, 0.1) is 0 Å². The van der Waals surface area contributed by atoms with Crippen LogP contribution in [0.2, 0.25) is 0 Å². The van der Waals surface area contributed by atoms with Crippen LogP contribution in [-0.2, 0) is 6.54 Å². The lowest BCUT2D eigenvalue weighted by Gasteiger charge is -2.31. The first-order valence-corrected chi connectivity index (χ1v) is 7.42. The van der Waals surface area contributed by atoms with Crippen LogP contribution >= 0.6 is 15.9 Å². The molecule has 0 spiro atoms. The number of methoxy groups -OCH3 is 1. The van der Waals surface area contributed by atoms with Gasteiger partial charge in [-0.3, -0.25) is 9.80 Å². The van der Waals surface area contributed by atoms with E-state index in [4.69, 9.17) is 4.74 Å². The monoisotopic (exact) mass is 327 g/mol. The van der Waals surface area contributed by atoms with Crippen LogP contribution in [0.25, 0.3) is 0 Å². The van der Waals surface area contributed by atoms with Gasteiger partial charge in [-0.25, -0.2) is 0 Å². The van der Waals surface area contributed by atoms with Crippen molar-refractivity contribution in [1.82, 2.24) is 15.1 Å².